The maximum Gasteiger partial charge on any atom is 0.342 e. The molecule has 0 aliphatic heterocycles. The van der Waals surface area contributed by atoms with E-state index in [-0.39, 0.29) is 18.1 Å². The average Bonchev–Trinajstić information content (AvgIpc) is 2.74. The zero-order valence-electron chi connectivity index (χ0n) is 17.4. The zero-order valence-corrected chi connectivity index (χ0v) is 17.4. The maximum absolute atomic E-state index is 12.5. The van der Waals surface area contributed by atoms with Crippen molar-refractivity contribution in [1.82, 2.24) is 0 Å². The Morgan fingerprint density at radius 3 is 2.20 bits per heavy atom. The van der Waals surface area contributed by atoms with Crippen LogP contribution in [0.25, 0.3) is 0 Å². The molecule has 1 N–H and O–H groups in total. The number of rotatable bonds is 7. The average molecular weight is 403 g/mol. The number of hydrogen-bond acceptors (Lipinski definition) is 4. The van der Waals surface area contributed by atoms with E-state index in [0.717, 1.165) is 27.9 Å². The Morgan fingerprint density at radius 1 is 0.867 bits per heavy atom. The summed E-state index contributed by atoms with van der Waals surface area (Å²) in [6, 6.07) is 20.5. The number of benzene rings is 3. The number of carbonyl (C=O) groups excluding carboxylic acids is 2. The van der Waals surface area contributed by atoms with Crippen LogP contribution in [0.1, 0.15) is 32.6 Å². The Morgan fingerprint density at radius 2 is 1.50 bits per heavy atom. The van der Waals surface area contributed by atoms with Gasteiger partial charge in [-0.15, -0.1) is 0 Å². The number of esters is 1. The van der Waals surface area contributed by atoms with Crippen molar-refractivity contribution < 1.29 is 19.1 Å². The topological polar surface area (TPSA) is 64.6 Å². The molecule has 0 bridgehead atoms. The van der Waals surface area contributed by atoms with Crippen LogP contribution in [0.5, 0.6) is 5.75 Å². The third-order valence-corrected chi connectivity index (χ3v) is 4.62. The Kier molecular flexibility index (Phi) is 6.86. The van der Waals surface area contributed by atoms with E-state index in [4.69, 9.17) is 9.47 Å². The van der Waals surface area contributed by atoms with Gasteiger partial charge in [-0.2, -0.15) is 0 Å². The van der Waals surface area contributed by atoms with E-state index in [9.17, 15) is 9.59 Å². The third-order valence-electron chi connectivity index (χ3n) is 4.62. The molecular formula is C25H25NO4. The van der Waals surface area contributed by atoms with Gasteiger partial charge in [0.25, 0.3) is 5.91 Å². The molecule has 0 aliphatic carbocycles. The van der Waals surface area contributed by atoms with Crippen LogP contribution in [0.3, 0.4) is 0 Å². The van der Waals surface area contributed by atoms with Crippen LogP contribution < -0.4 is 10.1 Å². The van der Waals surface area contributed by atoms with Crippen LogP contribution >= 0.6 is 0 Å². The highest BCUT2D eigenvalue weighted by molar-refractivity contribution is 5.97. The van der Waals surface area contributed by atoms with Crippen molar-refractivity contribution in [3.63, 3.8) is 0 Å². The monoisotopic (exact) mass is 403 g/mol. The summed E-state index contributed by atoms with van der Waals surface area (Å²) in [5.41, 5.74) is 5.07. The van der Waals surface area contributed by atoms with E-state index in [2.05, 4.69) is 5.32 Å². The highest BCUT2D eigenvalue weighted by Crippen LogP contribution is 2.22. The summed E-state index contributed by atoms with van der Waals surface area (Å²) < 4.78 is 11.0. The molecule has 0 fully saturated rings. The van der Waals surface area contributed by atoms with E-state index in [0.29, 0.717) is 12.4 Å². The number of anilines is 1. The third kappa shape index (κ3) is 5.47. The molecule has 30 heavy (non-hydrogen) atoms. The van der Waals surface area contributed by atoms with Gasteiger partial charge in [-0.05, 0) is 49.6 Å². The summed E-state index contributed by atoms with van der Waals surface area (Å²) in [4.78, 5) is 24.8. The first kappa shape index (κ1) is 21.1. The maximum atomic E-state index is 12.5. The molecule has 154 valence electrons. The lowest BCUT2D eigenvalue weighted by molar-refractivity contribution is -0.119. The highest BCUT2D eigenvalue weighted by atomic mass is 16.5. The molecule has 3 rings (SSSR count). The number of nitrogens with one attached hydrogen (secondary N) is 1. The van der Waals surface area contributed by atoms with Gasteiger partial charge in [-0.3, -0.25) is 4.79 Å². The Hall–Kier alpha value is -3.60. The van der Waals surface area contributed by atoms with E-state index < -0.39 is 5.97 Å². The first-order valence-corrected chi connectivity index (χ1v) is 9.74. The van der Waals surface area contributed by atoms with Gasteiger partial charge in [0, 0.05) is 5.69 Å². The van der Waals surface area contributed by atoms with Crippen LogP contribution in [0.2, 0.25) is 0 Å². The number of amides is 1. The first-order valence-electron chi connectivity index (χ1n) is 9.74. The number of carbonyl (C=O) groups is 2. The van der Waals surface area contributed by atoms with E-state index in [1.54, 1.807) is 24.3 Å². The van der Waals surface area contributed by atoms with Crippen LogP contribution in [-0.2, 0) is 16.1 Å². The molecule has 0 heterocycles. The van der Waals surface area contributed by atoms with Gasteiger partial charge < -0.3 is 14.8 Å². The van der Waals surface area contributed by atoms with E-state index >= 15 is 0 Å². The van der Waals surface area contributed by atoms with Crippen molar-refractivity contribution >= 4 is 17.6 Å². The molecule has 0 spiro atoms. The molecule has 0 unspecified atom stereocenters. The van der Waals surface area contributed by atoms with Gasteiger partial charge in [0.1, 0.15) is 17.9 Å². The summed E-state index contributed by atoms with van der Waals surface area (Å²) in [5, 5.41) is 2.83. The van der Waals surface area contributed by atoms with Crippen LogP contribution in [0.15, 0.2) is 66.7 Å². The minimum Gasteiger partial charge on any atom is -0.488 e. The summed E-state index contributed by atoms with van der Waals surface area (Å²) in [5.74, 6) is -0.579. The molecule has 3 aromatic rings. The molecule has 0 saturated heterocycles. The number of ether oxygens (including phenoxy) is 2. The SMILES string of the molecule is Cc1cc(C)c(NC(=O)COC(=O)c2ccccc2OCc2ccccc2)c(C)c1. The lowest BCUT2D eigenvalue weighted by atomic mass is 10.1. The quantitative estimate of drug-likeness (QED) is 0.565. The first-order chi connectivity index (χ1) is 14.4. The Bertz CT molecular complexity index is 1020. The summed E-state index contributed by atoms with van der Waals surface area (Å²) in [6.07, 6.45) is 0. The molecule has 5 heteroatoms. The number of para-hydroxylation sites is 1. The van der Waals surface area contributed by atoms with Gasteiger partial charge in [0.15, 0.2) is 6.61 Å². The van der Waals surface area contributed by atoms with Crippen molar-refractivity contribution in [3.05, 3.63) is 94.5 Å². The van der Waals surface area contributed by atoms with E-state index in [1.165, 1.54) is 0 Å². The second-order valence-corrected chi connectivity index (χ2v) is 7.17. The molecule has 0 atom stereocenters. The predicted octanol–water partition coefficient (Wildman–Crippen LogP) is 4.99. The van der Waals surface area contributed by atoms with Crippen molar-refractivity contribution in [2.45, 2.75) is 27.4 Å². The van der Waals surface area contributed by atoms with Gasteiger partial charge in [0.05, 0.1) is 0 Å². The summed E-state index contributed by atoms with van der Waals surface area (Å²) in [6.45, 7) is 5.82. The second kappa shape index (κ2) is 9.74. The van der Waals surface area contributed by atoms with E-state index in [1.807, 2.05) is 63.2 Å². The standard InChI is InChI=1S/C25H25NO4/c1-17-13-18(2)24(19(3)14-17)26-23(27)16-30-25(28)21-11-7-8-12-22(21)29-15-20-9-5-4-6-10-20/h4-14H,15-16H2,1-3H3,(H,26,27). The second-order valence-electron chi connectivity index (χ2n) is 7.17. The highest BCUT2D eigenvalue weighted by Gasteiger charge is 2.16. The Balaban J connectivity index is 1.60. The minimum atomic E-state index is -0.605. The summed E-state index contributed by atoms with van der Waals surface area (Å²) >= 11 is 0. The summed E-state index contributed by atoms with van der Waals surface area (Å²) in [7, 11) is 0. The lowest BCUT2D eigenvalue weighted by Gasteiger charge is -2.14. The fourth-order valence-corrected chi connectivity index (χ4v) is 3.26. The van der Waals surface area contributed by atoms with Crippen molar-refractivity contribution in [3.8, 4) is 5.75 Å². The van der Waals surface area contributed by atoms with Gasteiger partial charge in [-0.25, -0.2) is 4.79 Å². The van der Waals surface area contributed by atoms with Gasteiger partial charge in [-0.1, -0.05) is 60.2 Å². The minimum absolute atomic E-state index is 0.281. The number of hydrogen-bond donors (Lipinski definition) is 1. The fraction of sp³-hybridized carbons (Fsp3) is 0.200. The van der Waals surface area contributed by atoms with Gasteiger partial charge >= 0.3 is 5.97 Å². The van der Waals surface area contributed by atoms with Crippen LogP contribution in [0.4, 0.5) is 5.69 Å². The van der Waals surface area contributed by atoms with Crippen molar-refractivity contribution in [2.75, 3.05) is 11.9 Å². The largest absolute Gasteiger partial charge is 0.488 e. The van der Waals surface area contributed by atoms with Crippen molar-refractivity contribution in [1.29, 1.82) is 0 Å². The Labute approximate surface area is 176 Å². The normalized spacial score (nSPS) is 10.4. The van der Waals surface area contributed by atoms with Gasteiger partial charge in [0.2, 0.25) is 0 Å². The predicted molar refractivity (Wildman–Crippen MR) is 117 cm³/mol. The number of aryl methyl sites for hydroxylation is 3. The molecule has 0 saturated carbocycles. The molecule has 5 nitrogen and oxygen atoms in total. The van der Waals surface area contributed by atoms with Crippen molar-refractivity contribution in [2.24, 2.45) is 0 Å². The van der Waals surface area contributed by atoms with Crippen LogP contribution in [-0.4, -0.2) is 18.5 Å². The fourth-order valence-electron chi connectivity index (χ4n) is 3.26. The lowest BCUT2D eigenvalue weighted by Crippen LogP contribution is -2.22. The molecule has 0 aromatic heterocycles. The molecule has 0 radical (unpaired) electrons. The van der Waals surface area contributed by atoms with Crippen LogP contribution in [0, 0.1) is 20.8 Å². The zero-order chi connectivity index (χ0) is 21.5. The molecule has 3 aromatic carbocycles. The molecule has 0 aliphatic rings. The smallest absolute Gasteiger partial charge is 0.342 e. The molecule has 1 amide bonds. The molecular weight excluding hydrogens is 378 g/mol.